The zero-order valence-corrected chi connectivity index (χ0v) is 10.0. The van der Waals surface area contributed by atoms with Crippen LogP contribution in [0.3, 0.4) is 0 Å². The van der Waals surface area contributed by atoms with Crippen LogP contribution in [0.25, 0.3) is 0 Å². The van der Waals surface area contributed by atoms with E-state index in [4.69, 9.17) is 11.6 Å². The maximum absolute atomic E-state index is 10.6. The summed E-state index contributed by atoms with van der Waals surface area (Å²) in [5.41, 5.74) is 0.755. The van der Waals surface area contributed by atoms with Crippen molar-refractivity contribution in [2.24, 2.45) is 0 Å². The molecule has 5 nitrogen and oxygen atoms in total. The van der Waals surface area contributed by atoms with E-state index in [1.807, 2.05) is 0 Å². The molecule has 1 unspecified atom stereocenters. The summed E-state index contributed by atoms with van der Waals surface area (Å²) in [5, 5.41) is 17.3. The molecule has 2 N–H and O–H groups in total. The predicted octanol–water partition coefficient (Wildman–Crippen LogP) is 2.41. The molecule has 0 radical (unpaired) electrons. The smallest absolute Gasteiger partial charge is 0.288 e. The number of nitro benzene ring substituents is 1. The van der Waals surface area contributed by atoms with Crippen molar-refractivity contribution in [2.75, 3.05) is 18.4 Å². The Kier molecular flexibility index (Phi) is 3.81. The van der Waals surface area contributed by atoms with Crippen molar-refractivity contribution in [2.45, 2.75) is 18.9 Å². The van der Waals surface area contributed by atoms with Gasteiger partial charge in [-0.05, 0) is 31.5 Å². The van der Waals surface area contributed by atoms with Crippen LogP contribution in [0.2, 0.25) is 5.02 Å². The lowest BCUT2D eigenvalue weighted by molar-refractivity contribution is -0.384. The third kappa shape index (κ3) is 3.08. The van der Waals surface area contributed by atoms with E-state index in [2.05, 4.69) is 10.6 Å². The van der Waals surface area contributed by atoms with Crippen LogP contribution < -0.4 is 10.6 Å². The number of hydrogen-bond donors (Lipinski definition) is 2. The van der Waals surface area contributed by atoms with E-state index >= 15 is 0 Å². The first-order valence-electron chi connectivity index (χ1n) is 5.58. The van der Waals surface area contributed by atoms with Crippen LogP contribution in [0.1, 0.15) is 12.8 Å². The van der Waals surface area contributed by atoms with E-state index in [0.717, 1.165) is 25.2 Å². The van der Waals surface area contributed by atoms with Gasteiger partial charge in [-0.15, -0.1) is 0 Å². The Hall–Kier alpha value is -1.33. The lowest BCUT2D eigenvalue weighted by atomic mass is 10.2. The van der Waals surface area contributed by atoms with Gasteiger partial charge in [0.05, 0.1) is 4.92 Å². The fourth-order valence-electron chi connectivity index (χ4n) is 1.94. The minimum atomic E-state index is -0.482. The van der Waals surface area contributed by atoms with Gasteiger partial charge < -0.3 is 10.6 Å². The van der Waals surface area contributed by atoms with Crippen LogP contribution in [-0.4, -0.2) is 24.1 Å². The fraction of sp³-hybridized carbons (Fsp3) is 0.455. The Labute approximate surface area is 104 Å². The second-order valence-electron chi connectivity index (χ2n) is 4.10. The van der Waals surface area contributed by atoms with Gasteiger partial charge in [-0.3, -0.25) is 10.1 Å². The second-order valence-corrected chi connectivity index (χ2v) is 4.50. The van der Waals surface area contributed by atoms with Crippen LogP contribution in [-0.2, 0) is 0 Å². The summed E-state index contributed by atoms with van der Waals surface area (Å²) in [4.78, 5) is 10.1. The normalized spacial score (nSPS) is 19.2. The number of nitrogens with one attached hydrogen (secondary N) is 2. The Morgan fingerprint density at radius 1 is 1.59 bits per heavy atom. The van der Waals surface area contributed by atoms with Gasteiger partial charge in [0, 0.05) is 24.3 Å². The molecule has 0 spiro atoms. The zero-order valence-electron chi connectivity index (χ0n) is 9.28. The molecule has 1 saturated heterocycles. The maximum Gasteiger partial charge on any atom is 0.288 e. The maximum atomic E-state index is 10.6. The summed E-state index contributed by atoms with van der Waals surface area (Å²) in [6.07, 6.45) is 2.36. The van der Waals surface area contributed by atoms with Crippen molar-refractivity contribution in [3.63, 3.8) is 0 Å². The first-order valence-corrected chi connectivity index (χ1v) is 5.96. The topological polar surface area (TPSA) is 67.2 Å². The molecule has 92 valence electrons. The van der Waals surface area contributed by atoms with Crippen LogP contribution in [0.15, 0.2) is 18.2 Å². The molecular weight excluding hydrogens is 242 g/mol. The van der Waals surface area contributed by atoms with Gasteiger partial charge in [-0.1, -0.05) is 11.6 Å². The zero-order chi connectivity index (χ0) is 12.3. The molecule has 17 heavy (non-hydrogen) atoms. The van der Waals surface area contributed by atoms with Crippen LogP contribution >= 0.6 is 11.6 Å². The quantitative estimate of drug-likeness (QED) is 0.640. The highest BCUT2D eigenvalue weighted by Crippen LogP contribution is 2.27. The number of hydrogen-bond acceptors (Lipinski definition) is 4. The van der Waals surface area contributed by atoms with Gasteiger partial charge in [0.2, 0.25) is 0 Å². The van der Waals surface area contributed by atoms with Crippen LogP contribution in [0, 0.1) is 10.1 Å². The van der Waals surface area contributed by atoms with Crippen molar-refractivity contribution in [1.29, 1.82) is 0 Å². The summed E-state index contributed by atoms with van der Waals surface area (Å²) >= 11 is 5.82. The lowest BCUT2D eigenvalue weighted by Gasteiger charge is -2.12. The highest BCUT2D eigenvalue weighted by molar-refractivity contribution is 6.32. The van der Waals surface area contributed by atoms with Crippen molar-refractivity contribution in [3.8, 4) is 0 Å². The van der Waals surface area contributed by atoms with Gasteiger partial charge >= 0.3 is 0 Å². The highest BCUT2D eigenvalue weighted by Gasteiger charge is 2.15. The summed E-state index contributed by atoms with van der Waals surface area (Å²) in [7, 11) is 0. The SMILES string of the molecule is O=[N+]([O-])c1ccc(NCC2CCCN2)cc1Cl. The van der Waals surface area contributed by atoms with Crippen molar-refractivity contribution < 1.29 is 4.92 Å². The lowest BCUT2D eigenvalue weighted by Crippen LogP contribution is -2.29. The van der Waals surface area contributed by atoms with Crippen LogP contribution in [0.4, 0.5) is 11.4 Å². The van der Waals surface area contributed by atoms with Crippen molar-refractivity contribution in [1.82, 2.24) is 5.32 Å². The predicted molar refractivity (Wildman–Crippen MR) is 67.6 cm³/mol. The van der Waals surface area contributed by atoms with Gasteiger partial charge in [-0.2, -0.15) is 0 Å². The van der Waals surface area contributed by atoms with Gasteiger partial charge in [0.15, 0.2) is 0 Å². The number of benzene rings is 1. The Bertz CT molecular complexity index is 419. The molecule has 1 aliphatic heterocycles. The van der Waals surface area contributed by atoms with Gasteiger partial charge in [-0.25, -0.2) is 0 Å². The number of nitro groups is 1. The molecule has 1 aromatic carbocycles. The van der Waals surface area contributed by atoms with E-state index in [9.17, 15) is 10.1 Å². The summed E-state index contributed by atoms with van der Waals surface area (Å²) in [6.45, 7) is 1.88. The second kappa shape index (κ2) is 5.33. The molecule has 1 heterocycles. The van der Waals surface area contributed by atoms with E-state index < -0.39 is 4.92 Å². The first-order chi connectivity index (χ1) is 8.16. The van der Waals surface area contributed by atoms with Crippen molar-refractivity contribution >= 4 is 23.0 Å². The standard InChI is InChI=1S/C11H14ClN3O2/c12-10-6-8(3-4-11(10)15(16)17)14-7-9-2-1-5-13-9/h3-4,6,9,13-14H,1-2,5,7H2. The van der Waals surface area contributed by atoms with E-state index in [0.29, 0.717) is 6.04 Å². The molecule has 2 rings (SSSR count). The minimum absolute atomic E-state index is 0.0591. The molecule has 0 amide bonds. The van der Waals surface area contributed by atoms with Crippen LogP contribution in [0.5, 0.6) is 0 Å². The monoisotopic (exact) mass is 255 g/mol. The third-order valence-corrected chi connectivity index (χ3v) is 3.16. The average Bonchev–Trinajstić information content (AvgIpc) is 2.78. The van der Waals surface area contributed by atoms with Crippen molar-refractivity contribution in [3.05, 3.63) is 33.3 Å². The number of halogens is 1. The Morgan fingerprint density at radius 3 is 3.00 bits per heavy atom. The molecule has 6 heteroatoms. The molecule has 0 bridgehead atoms. The van der Waals surface area contributed by atoms with E-state index in [1.165, 1.54) is 12.5 Å². The number of nitrogens with zero attached hydrogens (tertiary/aromatic N) is 1. The molecule has 0 aliphatic carbocycles. The molecule has 1 fully saturated rings. The van der Waals surface area contributed by atoms with Gasteiger partial charge in [0.25, 0.3) is 5.69 Å². The first kappa shape index (κ1) is 12.1. The molecule has 0 saturated carbocycles. The highest BCUT2D eigenvalue weighted by atomic mass is 35.5. The molecule has 1 aromatic rings. The number of rotatable bonds is 4. The molecule has 1 aliphatic rings. The Balaban J connectivity index is 1.97. The third-order valence-electron chi connectivity index (χ3n) is 2.86. The fourth-order valence-corrected chi connectivity index (χ4v) is 2.19. The van der Waals surface area contributed by atoms with Gasteiger partial charge in [0.1, 0.15) is 5.02 Å². The minimum Gasteiger partial charge on any atom is -0.383 e. The molecular formula is C11H14ClN3O2. The molecule has 1 atom stereocenters. The average molecular weight is 256 g/mol. The summed E-state index contributed by atoms with van der Waals surface area (Å²) < 4.78 is 0. The Morgan fingerprint density at radius 2 is 2.41 bits per heavy atom. The number of anilines is 1. The summed E-state index contributed by atoms with van der Waals surface area (Å²) in [6, 6.07) is 5.17. The van der Waals surface area contributed by atoms with E-state index in [1.54, 1.807) is 12.1 Å². The summed E-state index contributed by atoms with van der Waals surface area (Å²) in [5.74, 6) is 0. The van der Waals surface area contributed by atoms with E-state index in [-0.39, 0.29) is 10.7 Å². The molecule has 0 aromatic heterocycles. The largest absolute Gasteiger partial charge is 0.383 e.